The number of rotatable bonds is 1. The van der Waals surface area contributed by atoms with Gasteiger partial charge in [0, 0.05) is 6.42 Å². The third-order valence-corrected chi connectivity index (χ3v) is 3.14. The summed E-state index contributed by atoms with van der Waals surface area (Å²) in [5.74, 6) is 0.875. The molecule has 0 saturated heterocycles. The lowest BCUT2D eigenvalue weighted by molar-refractivity contribution is -0.0411. The number of allylic oxidation sites excluding steroid dienone is 1. The monoisotopic (exact) mass is 218 g/mol. The fourth-order valence-corrected chi connectivity index (χ4v) is 1.91. The SMILES string of the molecule is C=C(C)c1ccc2c(c1)C[C@@H](O)C(C)(C)O2. The zero-order chi connectivity index (χ0) is 11.9. The average molecular weight is 218 g/mol. The van der Waals surface area contributed by atoms with Crippen LogP contribution in [0.15, 0.2) is 24.8 Å². The highest BCUT2D eigenvalue weighted by atomic mass is 16.5. The Labute approximate surface area is 96.6 Å². The summed E-state index contributed by atoms with van der Waals surface area (Å²) in [6, 6.07) is 6.03. The highest BCUT2D eigenvalue weighted by Crippen LogP contribution is 2.34. The minimum atomic E-state index is -0.502. The lowest BCUT2D eigenvalue weighted by Gasteiger charge is -2.37. The van der Waals surface area contributed by atoms with Crippen LogP contribution in [0.4, 0.5) is 0 Å². The smallest absolute Gasteiger partial charge is 0.129 e. The predicted octanol–water partition coefficient (Wildman–Crippen LogP) is 2.79. The Morgan fingerprint density at radius 3 is 2.81 bits per heavy atom. The van der Waals surface area contributed by atoms with Crippen LogP contribution < -0.4 is 4.74 Å². The zero-order valence-corrected chi connectivity index (χ0v) is 10.1. The molecular weight excluding hydrogens is 200 g/mol. The number of hydrogen-bond donors (Lipinski definition) is 1. The number of aliphatic hydroxyl groups excluding tert-OH is 1. The van der Waals surface area contributed by atoms with Crippen molar-refractivity contribution in [1.82, 2.24) is 0 Å². The Kier molecular flexibility index (Phi) is 2.55. The molecular formula is C14H18O2. The van der Waals surface area contributed by atoms with Crippen molar-refractivity contribution in [3.8, 4) is 5.75 Å². The van der Waals surface area contributed by atoms with E-state index in [1.54, 1.807) is 0 Å². The van der Waals surface area contributed by atoms with Gasteiger partial charge in [-0.05, 0) is 44.0 Å². The number of hydrogen-bond acceptors (Lipinski definition) is 2. The normalized spacial score (nSPS) is 22.1. The summed E-state index contributed by atoms with van der Waals surface area (Å²) in [6.45, 7) is 9.72. The molecule has 0 fully saturated rings. The van der Waals surface area contributed by atoms with Crippen LogP contribution >= 0.6 is 0 Å². The van der Waals surface area contributed by atoms with Crippen molar-refractivity contribution in [1.29, 1.82) is 0 Å². The number of fused-ring (bicyclic) bond motifs is 1. The van der Waals surface area contributed by atoms with Crippen molar-refractivity contribution in [3.05, 3.63) is 35.9 Å². The third kappa shape index (κ3) is 1.85. The first-order valence-corrected chi connectivity index (χ1v) is 5.56. The molecule has 0 bridgehead atoms. The van der Waals surface area contributed by atoms with Crippen molar-refractivity contribution >= 4 is 5.57 Å². The lowest BCUT2D eigenvalue weighted by atomic mass is 9.90. The largest absolute Gasteiger partial charge is 0.485 e. The maximum absolute atomic E-state index is 9.97. The van der Waals surface area contributed by atoms with E-state index in [0.29, 0.717) is 6.42 Å². The van der Waals surface area contributed by atoms with Crippen LogP contribution in [-0.4, -0.2) is 16.8 Å². The van der Waals surface area contributed by atoms with E-state index in [1.165, 1.54) is 0 Å². The first-order chi connectivity index (χ1) is 7.40. The molecule has 0 amide bonds. The summed E-state index contributed by atoms with van der Waals surface area (Å²) < 4.78 is 5.79. The maximum atomic E-state index is 9.97. The third-order valence-electron chi connectivity index (χ3n) is 3.14. The van der Waals surface area contributed by atoms with E-state index in [0.717, 1.165) is 22.4 Å². The molecule has 1 heterocycles. The van der Waals surface area contributed by atoms with Crippen molar-refractivity contribution in [3.63, 3.8) is 0 Å². The Balaban J connectivity index is 2.40. The van der Waals surface area contributed by atoms with Gasteiger partial charge in [-0.25, -0.2) is 0 Å². The molecule has 1 atom stereocenters. The highest BCUT2D eigenvalue weighted by molar-refractivity contribution is 5.63. The van der Waals surface area contributed by atoms with E-state index in [1.807, 2.05) is 32.9 Å². The van der Waals surface area contributed by atoms with Gasteiger partial charge in [0.2, 0.25) is 0 Å². The second-order valence-electron chi connectivity index (χ2n) is 5.03. The van der Waals surface area contributed by atoms with Gasteiger partial charge < -0.3 is 9.84 Å². The fraction of sp³-hybridized carbons (Fsp3) is 0.429. The van der Waals surface area contributed by atoms with E-state index >= 15 is 0 Å². The molecule has 1 N–H and O–H groups in total. The molecule has 0 aromatic heterocycles. The predicted molar refractivity (Wildman–Crippen MR) is 65.6 cm³/mol. The molecule has 0 radical (unpaired) electrons. The Morgan fingerprint density at radius 2 is 2.19 bits per heavy atom. The van der Waals surface area contributed by atoms with E-state index in [9.17, 15) is 5.11 Å². The van der Waals surface area contributed by atoms with E-state index < -0.39 is 11.7 Å². The van der Waals surface area contributed by atoms with Gasteiger partial charge in [-0.3, -0.25) is 0 Å². The molecule has 1 aliphatic heterocycles. The van der Waals surface area contributed by atoms with Gasteiger partial charge in [0.1, 0.15) is 11.4 Å². The topological polar surface area (TPSA) is 29.5 Å². The van der Waals surface area contributed by atoms with Gasteiger partial charge >= 0.3 is 0 Å². The van der Waals surface area contributed by atoms with Gasteiger partial charge in [-0.2, -0.15) is 0 Å². The van der Waals surface area contributed by atoms with Crippen LogP contribution in [0, 0.1) is 0 Å². The van der Waals surface area contributed by atoms with Gasteiger partial charge in [0.05, 0.1) is 6.10 Å². The average Bonchev–Trinajstić information content (AvgIpc) is 2.18. The first-order valence-electron chi connectivity index (χ1n) is 5.56. The van der Waals surface area contributed by atoms with Gasteiger partial charge in [0.25, 0.3) is 0 Å². The number of aliphatic hydroxyl groups is 1. The molecule has 2 nitrogen and oxygen atoms in total. The fourth-order valence-electron chi connectivity index (χ4n) is 1.91. The van der Waals surface area contributed by atoms with Crippen molar-refractivity contribution in [2.24, 2.45) is 0 Å². The Bertz CT molecular complexity index is 432. The molecule has 0 spiro atoms. The van der Waals surface area contributed by atoms with Crippen LogP contribution in [0.1, 0.15) is 31.9 Å². The van der Waals surface area contributed by atoms with Crippen molar-refractivity contribution in [2.75, 3.05) is 0 Å². The van der Waals surface area contributed by atoms with Crippen molar-refractivity contribution in [2.45, 2.75) is 38.9 Å². The summed E-state index contributed by atoms with van der Waals surface area (Å²) in [5.41, 5.74) is 2.70. The highest BCUT2D eigenvalue weighted by Gasteiger charge is 2.35. The first kappa shape index (κ1) is 11.2. The zero-order valence-electron chi connectivity index (χ0n) is 10.1. The van der Waals surface area contributed by atoms with E-state index in [4.69, 9.17) is 4.74 Å². The summed E-state index contributed by atoms with van der Waals surface area (Å²) in [7, 11) is 0. The van der Waals surface area contributed by atoms with Crippen LogP contribution in [0.3, 0.4) is 0 Å². The van der Waals surface area contributed by atoms with Gasteiger partial charge in [0.15, 0.2) is 0 Å². The molecule has 1 aromatic rings. The molecule has 1 aliphatic rings. The van der Waals surface area contributed by atoms with Crippen LogP contribution in [0.25, 0.3) is 5.57 Å². The Morgan fingerprint density at radius 1 is 1.50 bits per heavy atom. The summed E-state index contributed by atoms with van der Waals surface area (Å²) in [6.07, 6.45) is 0.184. The van der Waals surface area contributed by atoms with Crippen LogP contribution in [0.2, 0.25) is 0 Å². The second-order valence-corrected chi connectivity index (χ2v) is 5.03. The molecule has 1 aromatic carbocycles. The van der Waals surface area contributed by atoms with Crippen molar-refractivity contribution < 1.29 is 9.84 Å². The molecule has 86 valence electrons. The Hall–Kier alpha value is -1.28. The second kappa shape index (κ2) is 3.63. The molecule has 2 heteroatoms. The van der Waals surface area contributed by atoms with E-state index in [-0.39, 0.29) is 0 Å². The molecule has 2 rings (SSSR count). The quantitative estimate of drug-likeness (QED) is 0.785. The number of benzene rings is 1. The molecule has 16 heavy (non-hydrogen) atoms. The lowest BCUT2D eigenvalue weighted by Crippen LogP contribution is -2.46. The summed E-state index contributed by atoms with van der Waals surface area (Å²) in [4.78, 5) is 0. The molecule has 0 saturated carbocycles. The number of ether oxygens (including phenoxy) is 1. The maximum Gasteiger partial charge on any atom is 0.129 e. The molecule has 0 unspecified atom stereocenters. The minimum absolute atomic E-state index is 0.458. The minimum Gasteiger partial charge on any atom is -0.485 e. The van der Waals surface area contributed by atoms with E-state index in [2.05, 4.69) is 12.6 Å². The summed E-state index contributed by atoms with van der Waals surface area (Å²) in [5, 5.41) is 9.97. The van der Waals surface area contributed by atoms with Gasteiger partial charge in [-0.1, -0.05) is 18.2 Å². The molecule has 0 aliphatic carbocycles. The van der Waals surface area contributed by atoms with Gasteiger partial charge in [-0.15, -0.1) is 0 Å². The van der Waals surface area contributed by atoms with Crippen LogP contribution in [0.5, 0.6) is 5.75 Å². The van der Waals surface area contributed by atoms with Crippen LogP contribution in [-0.2, 0) is 6.42 Å². The summed E-state index contributed by atoms with van der Waals surface area (Å²) >= 11 is 0. The standard InChI is InChI=1S/C14H18O2/c1-9(2)10-5-6-12-11(7-10)8-13(15)14(3,4)16-12/h5-7,13,15H,1,8H2,2-4H3/t13-/m1/s1.